The van der Waals surface area contributed by atoms with Crippen LogP contribution in [-0.4, -0.2) is 77.0 Å². The van der Waals surface area contributed by atoms with Crippen LogP contribution in [0.1, 0.15) is 56.9 Å². The predicted molar refractivity (Wildman–Crippen MR) is 187 cm³/mol. The summed E-state index contributed by atoms with van der Waals surface area (Å²) in [5.41, 5.74) is 6.08. The molecule has 2 aromatic carbocycles. The molecule has 0 unspecified atom stereocenters. The van der Waals surface area contributed by atoms with Crippen molar-refractivity contribution in [3.8, 4) is 22.3 Å². The summed E-state index contributed by atoms with van der Waals surface area (Å²) in [6.45, 7) is 12.0. The molecule has 48 heavy (non-hydrogen) atoms. The fourth-order valence-corrected chi connectivity index (χ4v) is 6.58. The number of anilines is 2. The first-order chi connectivity index (χ1) is 22.5. The van der Waals surface area contributed by atoms with E-state index in [1.54, 1.807) is 34.6 Å². The molecule has 1 N–H and O–H groups in total. The molecule has 4 aromatic rings. The SMILES string of the molecule is Cc1ncc(-c2ccc3c(c2)N(CCCO)C(=O)C3(C)C)cn1.Cc1ncc(-c2ccc3c(c2)N(CCS(C)(=O)=O)C(=O)C3(C)C)cn1. The number of sulfone groups is 1. The standard InChI is InChI=1S/C18H21N3O3S.C18H21N3O2/c1-12-19-10-14(11-20-12)13-5-6-15-16(9-13)21(7-8-25(4,23)24)17(22)18(15,2)3;1-12-19-10-14(11-20-12)13-5-6-15-16(9-13)21(7-4-8-22)17(23)18(15,2)3/h5-6,9-11H,7-8H2,1-4H3;5-6,9-11,22H,4,7-8H2,1-3H3. The molecule has 12 heteroatoms. The van der Waals surface area contributed by atoms with Crippen LogP contribution in [0.25, 0.3) is 22.3 Å². The van der Waals surface area contributed by atoms with Crippen molar-refractivity contribution in [2.75, 3.05) is 41.5 Å². The van der Waals surface area contributed by atoms with E-state index >= 15 is 0 Å². The average Bonchev–Trinajstić information content (AvgIpc) is 3.35. The molecule has 2 aliphatic heterocycles. The maximum Gasteiger partial charge on any atom is 0.237 e. The van der Waals surface area contributed by atoms with Crippen LogP contribution in [0.3, 0.4) is 0 Å². The van der Waals surface area contributed by atoms with E-state index in [1.807, 2.05) is 77.9 Å². The Morgan fingerprint density at radius 2 is 1.06 bits per heavy atom. The van der Waals surface area contributed by atoms with Gasteiger partial charge in [0.1, 0.15) is 21.5 Å². The molecule has 11 nitrogen and oxygen atoms in total. The van der Waals surface area contributed by atoms with Gasteiger partial charge >= 0.3 is 0 Å². The molecule has 0 radical (unpaired) electrons. The van der Waals surface area contributed by atoms with Crippen LogP contribution < -0.4 is 9.80 Å². The number of nitrogens with zero attached hydrogens (tertiary/aromatic N) is 6. The Morgan fingerprint density at radius 1 is 0.667 bits per heavy atom. The van der Waals surface area contributed by atoms with Crippen molar-refractivity contribution in [2.45, 2.75) is 58.8 Å². The van der Waals surface area contributed by atoms with Gasteiger partial charge in [0.2, 0.25) is 11.8 Å². The zero-order valence-corrected chi connectivity index (χ0v) is 29.3. The fourth-order valence-electron chi connectivity index (χ4n) is 6.06. The Balaban J connectivity index is 0.000000188. The topological polar surface area (TPSA) is 147 Å². The molecule has 2 aliphatic rings. The molecule has 0 saturated heterocycles. The minimum Gasteiger partial charge on any atom is -0.396 e. The second-order valence-electron chi connectivity index (χ2n) is 13.4. The van der Waals surface area contributed by atoms with Crippen molar-refractivity contribution < 1.29 is 23.1 Å². The Morgan fingerprint density at radius 3 is 1.44 bits per heavy atom. The van der Waals surface area contributed by atoms with Crippen LogP contribution >= 0.6 is 0 Å². The van der Waals surface area contributed by atoms with Gasteiger partial charge < -0.3 is 14.9 Å². The number of aryl methyl sites for hydroxylation is 2. The van der Waals surface area contributed by atoms with Crippen molar-refractivity contribution in [1.29, 1.82) is 0 Å². The highest BCUT2D eigenvalue weighted by atomic mass is 32.2. The summed E-state index contributed by atoms with van der Waals surface area (Å²) in [7, 11) is -3.16. The van der Waals surface area contributed by atoms with Gasteiger partial charge in [-0.05, 0) is 82.3 Å². The number of benzene rings is 2. The van der Waals surface area contributed by atoms with Crippen molar-refractivity contribution in [1.82, 2.24) is 19.9 Å². The van der Waals surface area contributed by atoms with Crippen molar-refractivity contribution in [3.63, 3.8) is 0 Å². The molecule has 6 rings (SSSR count). The zero-order valence-electron chi connectivity index (χ0n) is 28.5. The number of fused-ring (bicyclic) bond motifs is 2. The van der Waals surface area contributed by atoms with Gasteiger partial charge in [0, 0.05) is 73.2 Å². The molecular weight excluding hydrogens is 629 g/mol. The second-order valence-corrected chi connectivity index (χ2v) is 15.6. The van der Waals surface area contributed by atoms with Crippen LogP contribution in [-0.2, 0) is 30.3 Å². The lowest BCUT2D eigenvalue weighted by Gasteiger charge is -2.20. The van der Waals surface area contributed by atoms with Gasteiger partial charge in [-0.3, -0.25) is 9.59 Å². The Hall–Kier alpha value is -4.55. The number of carbonyl (C=O) groups is 2. The molecule has 2 aromatic heterocycles. The third kappa shape index (κ3) is 6.86. The molecule has 252 valence electrons. The lowest BCUT2D eigenvalue weighted by Crippen LogP contribution is -2.38. The van der Waals surface area contributed by atoms with Gasteiger partial charge in [-0.25, -0.2) is 28.4 Å². The van der Waals surface area contributed by atoms with Crippen molar-refractivity contribution in [2.24, 2.45) is 0 Å². The van der Waals surface area contributed by atoms with Crippen molar-refractivity contribution >= 4 is 33.0 Å². The zero-order chi connectivity index (χ0) is 35.0. The summed E-state index contributed by atoms with van der Waals surface area (Å²) >= 11 is 0. The van der Waals surface area contributed by atoms with E-state index in [1.165, 1.54) is 6.26 Å². The number of rotatable bonds is 8. The third-order valence-corrected chi connectivity index (χ3v) is 9.86. The van der Waals surface area contributed by atoms with Gasteiger partial charge in [0.15, 0.2) is 0 Å². The highest BCUT2D eigenvalue weighted by molar-refractivity contribution is 7.90. The number of aliphatic hydroxyl groups is 1. The normalized spacial score (nSPS) is 16.0. The minimum absolute atomic E-state index is 0.0634. The van der Waals surface area contributed by atoms with Crippen LogP contribution in [0.4, 0.5) is 11.4 Å². The summed E-state index contributed by atoms with van der Waals surface area (Å²) in [5.74, 6) is 1.36. The Labute approximate surface area is 282 Å². The van der Waals surface area contributed by atoms with Gasteiger partial charge in [-0.1, -0.05) is 24.3 Å². The minimum atomic E-state index is -3.16. The monoisotopic (exact) mass is 670 g/mol. The molecule has 2 amide bonds. The first-order valence-corrected chi connectivity index (χ1v) is 17.9. The van der Waals surface area contributed by atoms with E-state index in [0.29, 0.717) is 18.8 Å². The summed E-state index contributed by atoms with van der Waals surface area (Å²) < 4.78 is 23.1. The van der Waals surface area contributed by atoms with Crippen LogP contribution in [0.15, 0.2) is 61.2 Å². The third-order valence-electron chi connectivity index (χ3n) is 8.94. The van der Waals surface area contributed by atoms with Gasteiger partial charge in [0.25, 0.3) is 0 Å². The van der Waals surface area contributed by atoms with Crippen LogP contribution in [0.5, 0.6) is 0 Å². The summed E-state index contributed by atoms with van der Waals surface area (Å²) in [4.78, 5) is 45.8. The van der Waals surface area contributed by atoms with E-state index in [2.05, 4.69) is 19.9 Å². The van der Waals surface area contributed by atoms with Gasteiger partial charge in [-0.15, -0.1) is 0 Å². The lowest BCUT2D eigenvalue weighted by atomic mass is 9.85. The van der Waals surface area contributed by atoms with Crippen LogP contribution in [0.2, 0.25) is 0 Å². The van der Waals surface area contributed by atoms with Gasteiger partial charge in [0.05, 0.1) is 16.6 Å². The highest BCUT2D eigenvalue weighted by Gasteiger charge is 2.44. The molecule has 0 bridgehead atoms. The number of hydrogen-bond donors (Lipinski definition) is 1. The van der Waals surface area contributed by atoms with Gasteiger partial charge in [-0.2, -0.15) is 0 Å². The number of carbonyl (C=O) groups excluding carboxylic acids is 2. The van der Waals surface area contributed by atoms with Crippen LogP contribution in [0, 0.1) is 13.8 Å². The molecule has 0 atom stereocenters. The summed E-state index contributed by atoms with van der Waals surface area (Å²) in [6.07, 6.45) is 8.83. The Bertz CT molecular complexity index is 1960. The molecule has 0 saturated carbocycles. The molecule has 0 aliphatic carbocycles. The lowest BCUT2D eigenvalue weighted by molar-refractivity contribution is -0.122. The quantitative estimate of drug-likeness (QED) is 0.285. The number of hydrogen-bond acceptors (Lipinski definition) is 9. The summed E-state index contributed by atoms with van der Waals surface area (Å²) in [6, 6.07) is 11.8. The van der Waals surface area contributed by atoms with E-state index in [9.17, 15) is 18.0 Å². The fraction of sp³-hybridized carbons (Fsp3) is 0.389. The Kier molecular flexibility index (Phi) is 9.53. The summed E-state index contributed by atoms with van der Waals surface area (Å²) in [5, 5.41) is 9.10. The smallest absolute Gasteiger partial charge is 0.237 e. The maximum absolute atomic E-state index is 12.8. The second kappa shape index (κ2) is 13.2. The largest absolute Gasteiger partial charge is 0.396 e. The number of aromatic nitrogens is 4. The average molecular weight is 671 g/mol. The molecule has 0 spiro atoms. The van der Waals surface area contributed by atoms with E-state index in [-0.39, 0.29) is 30.7 Å². The van der Waals surface area contributed by atoms with E-state index < -0.39 is 20.7 Å². The number of aliphatic hydroxyl groups excluding tert-OH is 1. The maximum atomic E-state index is 12.8. The van der Waals surface area contributed by atoms with Crippen molar-refractivity contribution in [3.05, 3.63) is 84.0 Å². The number of amides is 2. The first kappa shape index (κ1) is 34.8. The van der Waals surface area contributed by atoms with E-state index in [0.717, 1.165) is 50.6 Å². The first-order valence-electron chi connectivity index (χ1n) is 15.8. The van der Waals surface area contributed by atoms with E-state index in [4.69, 9.17) is 5.11 Å². The molecule has 0 fully saturated rings. The highest BCUT2D eigenvalue weighted by Crippen LogP contribution is 2.44. The molecular formula is C36H42N6O5S. The molecule has 4 heterocycles. The predicted octanol–water partition coefficient (Wildman–Crippen LogP) is 4.58.